The zero-order valence-electron chi connectivity index (χ0n) is 10.4. The molecule has 0 unspecified atom stereocenters. The first kappa shape index (κ1) is 14.1. The topological polar surface area (TPSA) is 82.5 Å². The fourth-order valence-corrected chi connectivity index (χ4v) is 3.24. The number of carbonyl (C=O) groups is 2. The third kappa shape index (κ3) is 3.36. The molecule has 0 aliphatic carbocycles. The number of thiazole rings is 1. The minimum atomic E-state index is -1.05. The summed E-state index contributed by atoms with van der Waals surface area (Å²) in [6.45, 7) is 2.97. The first-order valence-electron chi connectivity index (χ1n) is 5.89. The summed E-state index contributed by atoms with van der Waals surface area (Å²) in [5.41, 5.74) is 0. The summed E-state index contributed by atoms with van der Waals surface area (Å²) in [5, 5.41) is 12.5. The van der Waals surface area contributed by atoms with Gasteiger partial charge in [-0.2, -0.15) is 0 Å². The number of aromatic carboxylic acids is 1. The van der Waals surface area contributed by atoms with Crippen LogP contribution in [0.15, 0.2) is 0 Å². The van der Waals surface area contributed by atoms with Crippen molar-refractivity contribution in [2.75, 3.05) is 18.0 Å². The van der Waals surface area contributed by atoms with Gasteiger partial charge in [-0.05, 0) is 12.8 Å². The number of hydrogen-bond acceptors (Lipinski definition) is 5. The summed E-state index contributed by atoms with van der Waals surface area (Å²) in [4.78, 5) is 28.0. The molecule has 2 rings (SSSR count). The van der Waals surface area contributed by atoms with Gasteiger partial charge in [0.1, 0.15) is 0 Å². The van der Waals surface area contributed by atoms with E-state index in [-0.39, 0.29) is 22.0 Å². The molecule has 1 aromatic heterocycles. The zero-order chi connectivity index (χ0) is 14.0. The first-order chi connectivity index (χ1) is 8.97. The maximum atomic E-state index is 11.0. The predicted octanol–water partition coefficient (Wildman–Crippen LogP) is 1.60. The summed E-state index contributed by atoms with van der Waals surface area (Å²) >= 11 is 6.88. The van der Waals surface area contributed by atoms with Crippen molar-refractivity contribution >= 4 is 39.9 Å². The number of hydrogen-bond donors (Lipinski definition) is 2. The molecule has 2 heterocycles. The third-order valence-electron chi connectivity index (χ3n) is 2.94. The SMILES string of the molecule is CC(=O)NC1CCN(c2nc(Cl)c(C(=O)O)s2)CC1. The Kier molecular flexibility index (Phi) is 4.26. The maximum absolute atomic E-state index is 11.0. The lowest BCUT2D eigenvalue weighted by atomic mass is 10.1. The summed E-state index contributed by atoms with van der Waals surface area (Å²) in [6.07, 6.45) is 1.64. The zero-order valence-corrected chi connectivity index (χ0v) is 11.9. The summed E-state index contributed by atoms with van der Waals surface area (Å²) in [7, 11) is 0. The van der Waals surface area contributed by atoms with Crippen LogP contribution in [0.4, 0.5) is 5.13 Å². The lowest BCUT2D eigenvalue weighted by molar-refractivity contribution is -0.119. The fraction of sp³-hybridized carbons (Fsp3) is 0.545. The van der Waals surface area contributed by atoms with Gasteiger partial charge in [0.15, 0.2) is 15.2 Å². The Morgan fingerprint density at radius 3 is 2.58 bits per heavy atom. The van der Waals surface area contributed by atoms with E-state index >= 15 is 0 Å². The van der Waals surface area contributed by atoms with E-state index in [0.29, 0.717) is 5.13 Å². The molecule has 0 atom stereocenters. The minimum Gasteiger partial charge on any atom is -0.477 e. The van der Waals surface area contributed by atoms with Crippen LogP contribution in [-0.4, -0.2) is 41.1 Å². The average Bonchev–Trinajstić information content (AvgIpc) is 2.71. The first-order valence-corrected chi connectivity index (χ1v) is 7.08. The average molecular weight is 304 g/mol. The number of rotatable bonds is 3. The van der Waals surface area contributed by atoms with Gasteiger partial charge < -0.3 is 15.3 Å². The molecular weight excluding hydrogens is 290 g/mol. The number of carboxylic acids is 1. The van der Waals surface area contributed by atoms with E-state index in [2.05, 4.69) is 10.3 Å². The monoisotopic (exact) mass is 303 g/mol. The highest BCUT2D eigenvalue weighted by molar-refractivity contribution is 7.18. The van der Waals surface area contributed by atoms with Crippen LogP contribution in [0.25, 0.3) is 0 Å². The van der Waals surface area contributed by atoms with Gasteiger partial charge in [0.2, 0.25) is 5.91 Å². The number of carbonyl (C=O) groups excluding carboxylic acids is 1. The van der Waals surface area contributed by atoms with Gasteiger partial charge in [-0.1, -0.05) is 22.9 Å². The van der Waals surface area contributed by atoms with Crippen molar-refractivity contribution in [2.24, 2.45) is 0 Å². The number of piperidine rings is 1. The van der Waals surface area contributed by atoms with Crippen LogP contribution >= 0.6 is 22.9 Å². The Morgan fingerprint density at radius 1 is 1.47 bits per heavy atom. The predicted molar refractivity (Wildman–Crippen MR) is 73.1 cm³/mol. The van der Waals surface area contributed by atoms with Crippen LogP contribution in [-0.2, 0) is 4.79 Å². The molecule has 0 bridgehead atoms. The van der Waals surface area contributed by atoms with Gasteiger partial charge in [-0.15, -0.1) is 0 Å². The van der Waals surface area contributed by atoms with Crippen molar-refractivity contribution in [2.45, 2.75) is 25.8 Å². The van der Waals surface area contributed by atoms with Crippen molar-refractivity contribution in [3.05, 3.63) is 10.0 Å². The molecule has 104 valence electrons. The van der Waals surface area contributed by atoms with Crippen LogP contribution in [0.2, 0.25) is 5.15 Å². The Balaban J connectivity index is 2.00. The largest absolute Gasteiger partial charge is 0.477 e. The second-order valence-electron chi connectivity index (χ2n) is 4.38. The number of anilines is 1. The molecule has 0 aromatic carbocycles. The summed E-state index contributed by atoms with van der Waals surface area (Å²) in [6, 6.07) is 0.183. The number of nitrogens with one attached hydrogen (secondary N) is 1. The molecule has 1 amide bonds. The molecular formula is C11H14ClN3O3S. The Labute approximate surface area is 119 Å². The van der Waals surface area contributed by atoms with Crippen molar-refractivity contribution in [3.8, 4) is 0 Å². The molecule has 0 spiro atoms. The van der Waals surface area contributed by atoms with Gasteiger partial charge in [0, 0.05) is 26.1 Å². The molecule has 8 heteroatoms. The van der Waals surface area contributed by atoms with Crippen molar-refractivity contribution in [3.63, 3.8) is 0 Å². The van der Waals surface area contributed by atoms with Gasteiger partial charge in [-0.25, -0.2) is 9.78 Å². The highest BCUT2D eigenvalue weighted by Gasteiger charge is 2.24. The number of aromatic nitrogens is 1. The molecule has 1 aromatic rings. The number of halogens is 1. The van der Waals surface area contributed by atoms with Gasteiger partial charge in [0.05, 0.1) is 0 Å². The number of amides is 1. The molecule has 1 fully saturated rings. The van der Waals surface area contributed by atoms with Crippen LogP contribution < -0.4 is 10.2 Å². The standard InChI is InChI=1S/C11H14ClN3O3S/c1-6(16)13-7-2-4-15(5-3-7)11-14-9(12)8(19-11)10(17)18/h7H,2-5H2,1H3,(H,13,16)(H,17,18). The smallest absolute Gasteiger partial charge is 0.349 e. The Morgan fingerprint density at radius 2 is 2.11 bits per heavy atom. The number of nitrogens with zero attached hydrogens (tertiary/aromatic N) is 2. The van der Waals surface area contributed by atoms with Crippen LogP contribution in [0, 0.1) is 0 Å². The van der Waals surface area contributed by atoms with Crippen molar-refractivity contribution in [1.29, 1.82) is 0 Å². The highest BCUT2D eigenvalue weighted by Crippen LogP contribution is 2.31. The second-order valence-corrected chi connectivity index (χ2v) is 5.72. The molecule has 2 N–H and O–H groups in total. The lowest BCUT2D eigenvalue weighted by Crippen LogP contribution is -2.44. The van der Waals surface area contributed by atoms with Crippen LogP contribution in [0.5, 0.6) is 0 Å². The summed E-state index contributed by atoms with van der Waals surface area (Å²) in [5.74, 6) is -1.08. The second kappa shape index (κ2) is 5.75. The molecule has 0 saturated carbocycles. The van der Waals surface area contributed by atoms with Gasteiger partial charge >= 0.3 is 5.97 Å². The van der Waals surface area contributed by atoms with E-state index in [1.54, 1.807) is 0 Å². The Bertz CT molecular complexity index is 497. The molecule has 0 radical (unpaired) electrons. The van der Waals surface area contributed by atoms with E-state index in [9.17, 15) is 9.59 Å². The normalized spacial score (nSPS) is 16.4. The molecule has 19 heavy (non-hydrogen) atoms. The van der Waals surface area contributed by atoms with E-state index in [0.717, 1.165) is 37.3 Å². The maximum Gasteiger partial charge on any atom is 0.349 e. The van der Waals surface area contributed by atoms with Gasteiger partial charge in [0.25, 0.3) is 0 Å². The quantitative estimate of drug-likeness (QED) is 0.886. The fourth-order valence-electron chi connectivity index (χ4n) is 2.06. The molecule has 1 saturated heterocycles. The molecule has 6 nitrogen and oxygen atoms in total. The lowest BCUT2D eigenvalue weighted by Gasteiger charge is -2.31. The van der Waals surface area contributed by atoms with Crippen molar-refractivity contribution < 1.29 is 14.7 Å². The van der Waals surface area contributed by atoms with Crippen molar-refractivity contribution in [1.82, 2.24) is 10.3 Å². The van der Waals surface area contributed by atoms with Crippen LogP contribution in [0.3, 0.4) is 0 Å². The number of carboxylic acid groups (broad SMARTS) is 1. The molecule has 1 aliphatic rings. The van der Waals surface area contributed by atoms with E-state index in [1.165, 1.54) is 6.92 Å². The Hall–Kier alpha value is -1.34. The van der Waals surface area contributed by atoms with E-state index < -0.39 is 5.97 Å². The third-order valence-corrected chi connectivity index (χ3v) is 4.43. The summed E-state index contributed by atoms with van der Waals surface area (Å²) < 4.78 is 0. The highest BCUT2D eigenvalue weighted by atomic mass is 35.5. The van der Waals surface area contributed by atoms with E-state index in [1.807, 2.05) is 4.90 Å². The van der Waals surface area contributed by atoms with Crippen LogP contribution in [0.1, 0.15) is 29.4 Å². The minimum absolute atomic E-state index is 0.0242. The molecule has 1 aliphatic heterocycles. The van der Waals surface area contributed by atoms with Gasteiger partial charge in [-0.3, -0.25) is 4.79 Å². The van der Waals surface area contributed by atoms with E-state index in [4.69, 9.17) is 16.7 Å².